The summed E-state index contributed by atoms with van der Waals surface area (Å²) in [4.78, 5) is 14.7. The number of nitrogens with zero attached hydrogens (tertiary/aromatic N) is 3. The molecule has 3 heterocycles. The van der Waals surface area contributed by atoms with E-state index in [0.717, 1.165) is 22.2 Å². The summed E-state index contributed by atoms with van der Waals surface area (Å²) in [5, 5.41) is 11.1. The normalized spacial score (nSPS) is 23.0. The first-order valence-electron chi connectivity index (χ1n) is 10.7. The van der Waals surface area contributed by atoms with Crippen LogP contribution in [0.1, 0.15) is 23.6 Å². The van der Waals surface area contributed by atoms with E-state index in [-0.39, 0.29) is 29.9 Å². The Labute approximate surface area is 202 Å². The SMILES string of the molecule is COc1ccc(C)cc1NC(=O)CSC1=NNC2C3CC(c4ccc(Cl)cc4)NN3C=CN12. The van der Waals surface area contributed by atoms with Crippen LogP contribution in [-0.4, -0.2) is 46.1 Å². The number of methoxy groups -OCH3 is 1. The van der Waals surface area contributed by atoms with E-state index in [9.17, 15) is 4.79 Å². The quantitative estimate of drug-likeness (QED) is 0.597. The number of hydrazine groups is 1. The number of hydrogen-bond donors (Lipinski definition) is 3. The molecule has 5 rings (SSSR count). The third kappa shape index (κ3) is 4.48. The van der Waals surface area contributed by atoms with E-state index in [0.29, 0.717) is 11.4 Å². The van der Waals surface area contributed by atoms with Crippen molar-refractivity contribution in [3.63, 3.8) is 0 Å². The summed E-state index contributed by atoms with van der Waals surface area (Å²) in [5.74, 6) is 0.777. The minimum Gasteiger partial charge on any atom is -0.495 e. The highest BCUT2D eigenvalue weighted by Crippen LogP contribution is 2.35. The number of carbonyl (C=O) groups is 1. The Bertz CT molecular complexity index is 1110. The van der Waals surface area contributed by atoms with Crippen molar-refractivity contribution in [1.29, 1.82) is 0 Å². The molecule has 3 atom stereocenters. The zero-order chi connectivity index (χ0) is 22.9. The lowest BCUT2D eigenvalue weighted by atomic mass is 10.00. The molecule has 0 spiro atoms. The second kappa shape index (κ2) is 9.17. The lowest BCUT2D eigenvalue weighted by molar-refractivity contribution is -0.113. The van der Waals surface area contributed by atoms with E-state index in [1.165, 1.54) is 17.3 Å². The number of aryl methyl sites for hydroxylation is 1. The molecule has 1 saturated heterocycles. The van der Waals surface area contributed by atoms with Crippen LogP contribution < -0.4 is 20.9 Å². The van der Waals surface area contributed by atoms with Crippen LogP contribution in [0.3, 0.4) is 0 Å². The standard InChI is InChI=1S/C23H25ClN6O2S/c1-14-3-8-20(32-2)18(11-14)25-21(31)13-33-23-27-26-22-19-12-17(15-4-6-16(24)7-5-15)28-30(19)10-9-29(22)23/h3-11,17,19,22,26,28H,12-13H2,1-2H3,(H,25,31). The van der Waals surface area contributed by atoms with Crippen molar-refractivity contribution in [2.75, 3.05) is 18.2 Å². The summed E-state index contributed by atoms with van der Waals surface area (Å²) < 4.78 is 5.35. The first-order chi connectivity index (χ1) is 16.0. The second-order valence-electron chi connectivity index (χ2n) is 8.16. The molecule has 3 N–H and O–H groups in total. The van der Waals surface area contributed by atoms with Crippen molar-refractivity contribution in [3.05, 3.63) is 71.0 Å². The fraction of sp³-hybridized carbons (Fsp3) is 0.304. The summed E-state index contributed by atoms with van der Waals surface area (Å²) in [6.07, 6.45) is 4.94. The molecule has 172 valence electrons. The van der Waals surface area contributed by atoms with Crippen LogP contribution in [0, 0.1) is 6.92 Å². The van der Waals surface area contributed by atoms with Crippen LogP contribution in [0.4, 0.5) is 5.69 Å². The van der Waals surface area contributed by atoms with Gasteiger partial charge in [-0.1, -0.05) is 41.6 Å². The zero-order valence-electron chi connectivity index (χ0n) is 18.3. The summed E-state index contributed by atoms with van der Waals surface area (Å²) >= 11 is 7.44. The Hall–Kier alpha value is -2.88. The maximum Gasteiger partial charge on any atom is 0.234 e. The maximum absolute atomic E-state index is 12.6. The van der Waals surface area contributed by atoms with Gasteiger partial charge in [0.25, 0.3) is 0 Å². The zero-order valence-corrected chi connectivity index (χ0v) is 19.9. The second-order valence-corrected chi connectivity index (χ2v) is 9.54. The molecule has 2 aromatic rings. The van der Waals surface area contributed by atoms with Crippen molar-refractivity contribution in [2.45, 2.75) is 31.6 Å². The third-order valence-corrected chi connectivity index (χ3v) is 7.16. The van der Waals surface area contributed by atoms with E-state index in [4.69, 9.17) is 16.3 Å². The number of carbonyl (C=O) groups excluding carboxylic acids is 1. The van der Waals surface area contributed by atoms with Gasteiger partial charge in [0, 0.05) is 17.4 Å². The molecule has 1 amide bonds. The van der Waals surface area contributed by atoms with E-state index >= 15 is 0 Å². The summed E-state index contributed by atoms with van der Waals surface area (Å²) in [7, 11) is 1.59. The van der Waals surface area contributed by atoms with E-state index < -0.39 is 0 Å². The smallest absolute Gasteiger partial charge is 0.234 e. The molecule has 0 saturated carbocycles. The average molecular weight is 485 g/mol. The minimum atomic E-state index is -0.108. The van der Waals surface area contributed by atoms with Crippen LogP contribution in [0.15, 0.2) is 60.0 Å². The molecule has 0 bridgehead atoms. The molecular formula is C23H25ClN6O2S. The number of rotatable bonds is 5. The number of nitrogens with one attached hydrogen (secondary N) is 3. The van der Waals surface area contributed by atoms with Gasteiger partial charge in [0.15, 0.2) is 5.17 Å². The monoisotopic (exact) mass is 484 g/mol. The molecule has 3 aliphatic heterocycles. The van der Waals surface area contributed by atoms with Crippen molar-refractivity contribution < 1.29 is 9.53 Å². The summed E-state index contributed by atoms with van der Waals surface area (Å²) in [6.45, 7) is 1.98. The predicted octanol–water partition coefficient (Wildman–Crippen LogP) is 3.64. The van der Waals surface area contributed by atoms with Gasteiger partial charge in [-0.3, -0.25) is 10.2 Å². The number of fused-ring (bicyclic) bond motifs is 3. The molecule has 0 radical (unpaired) electrons. The van der Waals surface area contributed by atoms with Crippen molar-refractivity contribution >= 4 is 40.1 Å². The van der Waals surface area contributed by atoms with E-state index in [2.05, 4.69) is 43.3 Å². The fourth-order valence-corrected chi connectivity index (χ4v) is 5.20. The van der Waals surface area contributed by atoms with E-state index in [1.54, 1.807) is 7.11 Å². The van der Waals surface area contributed by atoms with Gasteiger partial charge in [0.2, 0.25) is 5.91 Å². The number of hydrazone groups is 1. The molecule has 3 unspecified atom stereocenters. The Kier molecular flexibility index (Phi) is 6.09. The van der Waals surface area contributed by atoms with Gasteiger partial charge in [-0.15, -0.1) is 0 Å². The van der Waals surface area contributed by atoms with Crippen LogP contribution in [0.25, 0.3) is 0 Å². The number of ether oxygens (including phenoxy) is 1. The number of thioether (sulfide) groups is 1. The summed E-state index contributed by atoms with van der Waals surface area (Å²) in [5.41, 5.74) is 9.72. The number of anilines is 1. The molecule has 8 nitrogen and oxygen atoms in total. The highest BCUT2D eigenvalue weighted by Gasteiger charge is 2.44. The first-order valence-corrected chi connectivity index (χ1v) is 12.1. The van der Waals surface area contributed by atoms with Crippen molar-refractivity contribution in [3.8, 4) is 5.75 Å². The number of halogens is 1. The Balaban J connectivity index is 1.19. The molecule has 0 aliphatic carbocycles. The van der Waals surface area contributed by atoms with E-state index in [1.807, 2.05) is 49.7 Å². The Morgan fingerprint density at radius 1 is 1.27 bits per heavy atom. The topological polar surface area (TPSA) is 81.2 Å². The lowest BCUT2D eigenvalue weighted by Crippen LogP contribution is -2.54. The number of amidine groups is 1. The van der Waals surface area contributed by atoms with Crippen LogP contribution in [0.2, 0.25) is 5.02 Å². The molecular weight excluding hydrogens is 460 g/mol. The van der Waals surface area contributed by atoms with Gasteiger partial charge >= 0.3 is 0 Å². The molecule has 1 fully saturated rings. The molecule has 33 heavy (non-hydrogen) atoms. The summed E-state index contributed by atoms with van der Waals surface area (Å²) in [6, 6.07) is 14.0. The van der Waals surface area contributed by atoms with Crippen molar-refractivity contribution in [1.82, 2.24) is 20.8 Å². The lowest BCUT2D eigenvalue weighted by Gasteiger charge is -2.36. The first kappa shape index (κ1) is 21.9. The highest BCUT2D eigenvalue weighted by molar-refractivity contribution is 8.14. The van der Waals surface area contributed by atoms with Crippen LogP contribution in [0.5, 0.6) is 5.75 Å². The molecule has 10 heteroatoms. The molecule has 2 aromatic carbocycles. The minimum absolute atomic E-state index is 0.00206. The largest absolute Gasteiger partial charge is 0.495 e. The van der Waals surface area contributed by atoms with Gasteiger partial charge in [-0.2, -0.15) is 5.10 Å². The number of benzene rings is 2. The number of hydrogen-bond acceptors (Lipinski definition) is 8. The van der Waals surface area contributed by atoms with Gasteiger partial charge < -0.3 is 20.0 Å². The van der Waals surface area contributed by atoms with Gasteiger partial charge in [0.1, 0.15) is 11.9 Å². The number of amides is 1. The van der Waals surface area contributed by atoms with Gasteiger partial charge in [-0.25, -0.2) is 5.43 Å². The maximum atomic E-state index is 12.6. The predicted molar refractivity (Wildman–Crippen MR) is 132 cm³/mol. The Morgan fingerprint density at radius 3 is 2.88 bits per heavy atom. The van der Waals surface area contributed by atoms with Gasteiger partial charge in [0.05, 0.1) is 30.6 Å². The van der Waals surface area contributed by atoms with Crippen LogP contribution in [-0.2, 0) is 4.79 Å². The highest BCUT2D eigenvalue weighted by atomic mass is 35.5. The van der Waals surface area contributed by atoms with Crippen molar-refractivity contribution in [2.24, 2.45) is 5.10 Å². The Morgan fingerprint density at radius 2 is 2.09 bits per heavy atom. The molecule has 3 aliphatic rings. The van der Waals surface area contributed by atoms with Gasteiger partial charge in [-0.05, 0) is 48.7 Å². The average Bonchev–Trinajstić information content (AvgIpc) is 3.42. The fourth-order valence-electron chi connectivity index (χ4n) is 4.30. The van der Waals surface area contributed by atoms with Crippen LogP contribution >= 0.6 is 23.4 Å². The molecule has 0 aromatic heterocycles. The third-order valence-electron chi connectivity index (χ3n) is 5.94.